The standard InChI is InChI=1S/C13H20N2O/c1-9(15-11-7-10(14)8-11)12-5-3-4-6-13(12)16-2/h3-6,9-11,15H,7-8,14H2,1-2H3. The fraction of sp³-hybridized carbons (Fsp3) is 0.538. The molecule has 1 aromatic rings. The van der Waals surface area contributed by atoms with Crippen LogP contribution in [0.15, 0.2) is 24.3 Å². The third-order valence-corrected chi connectivity index (χ3v) is 3.27. The van der Waals surface area contributed by atoms with Crippen molar-refractivity contribution in [3.63, 3.8) is 0 Å². The molecule has 2 rings (SSSR count). The van der Waals surface area contributed by atoms with Gasteiger partial charge in [-0.3, -0.25) is 0 Å². The van der Waals surface area contributed by atoms with Gasteiger partial charge in [0.25, 0.3) is 0 Å². The van der Waals surface area contributed by atoms with Gasteiger partial charge < -0.3 is 15.8 Å². The number of hydrogen-bond donors (Lipinski definition) is 2. The van der Waals surface area contributed by atoms with Crippen LogP contribution in [0.4, 0.5) is 0 Å². The van der Waals surface area contributed by atoms with Gasteiger partial charge in [-0.2, -0.15) is 0 Å². The van der Waals surface area contributed by atoms with Crippen molar-refractivity contribution in [3.8, 4) is 5.75 Å². The van der Waals surface area contributed by atoms with E-state index in [9.17, 15) is 0 Å². The SMILES string of the molecule is COc1ccccc1C(C)NC1CC(N)C1. The van der Waals surface area contributed by atoms with Gasteiger partial charge in [-0.25, -0.2) is 0 Å². The molecule has 0 heterocycles. The van der Waals surface area contributed by atoms with Crippen molar-refractivity contribution in [2.75, 3.05) is 7.11 Å². The van der Waals surface area contributed by atoms with Crippen LogP contribution in [0.25, 0.3) is 0 Å². The summed E-state index contributed by atoms with van der Waals surface area (Å²) < 4.78 is 5.36. The van der Waals surface area contributed by atoms with Gasteiger partial charge in [0.1, 0.15) is 5.75 Å². The average Bonchev–Trinajstić information content (AvgIpc) is 2.27. The van der Waals surface area contributed by atoms with Crippen LogP contribution in [-0.2, 0) is 0 Å². The zero-order valence-corrected chi connectivity index (χ0v) is 9.94. The van der Waals surface area contributed by atoms with Gasteiger partial charge in [0, 0.05) is 23.7 Å². The predicted octanol–water partition coefficient (Wildman–Crippen LogP) is 1.84. The maximum Gasteiger partial charge on any atom is 0.123 e. The van der Waals surface area contributed by atoms with Crippen LogP contribution < -0.4 is 15.8 Å². The zero-order valence-electron chi connectivity index (χ0n) is 9.94. The van der Waals surface area contributed by atoms with Crippen LogP contribution in [0, 0.1) is 0 Å². The number of ether oxygens (including phenoxy) is 1. The Labute approximate surface area is 97.0 Å². The van der Waals surface area contributed by atoms with E-state index in [0.29, 0.717) is 18.1 Å². The van der Waals surface area contributed by atoms with Gasteiger partial charge >= 0.3 is 0 Å². The molecule has 0 aromatic heterocycles. The highest BCUT2D eigenvalue weighted by Gasteiger charge is 2.27. The maximum absolute atomic E-state index is 5.77. The van der Waals surface area contributed by atoms with E-state index in [-0.39, 0.29) is 0 Å². The Morgan fingerprint density at radius 2 is 2.06 bits per heavy atom. The van der Waals surface area contributed by atoms with E-state index < -0.39 is 0 Å². The van der Waals surface area contributed by atoms with Gasteiger partial charge in [0.2, 0.25) is 0 Å². The highest BCUT2D eigenvalue weighted by Crippen LogP contribution is 2.27. The molecule has 0 aliphatic heterocycles. The summed E-state index contributed by atoms with van der Waals surface area (Å²) in [7, 11) is 1.71. The second kappa shape index (κ2) is 4.85. The van der Waals surface area contributed by atoms with Crippen molar-refractivity contribution >= 4 is 0 Å². The first-order chi connectivity index (χ1) is 7.70. The lowest BCUT2D eigenvalue weighted by Gasteiger charge is -2.35. The number of para-hydroxylation sites is 1. The summed E-state index contributed by atoms with van der Waals surface area (Å²) in [4.78, 5) is 0. The van der Waals surface area contributed by atoms with E-state index in [4.69, 9.17) is 10.5 Å². The van der Waals surface area contributed by atoms with Crippen LogP contribution in [0.2, 0.25) is 0 Å². The van der Waals surface area contributed by atoms with Crippen molar-refractivity contribution in [1.82, 2.24) is 5.32 Å². The Hall–Kier alpha value is -1.06. The lowest BCUT2D eigenvalue weighted by Crippen LogP contribution is -2.49. The molecule has 3 N–H and O–H groups in total. The summed E-state index contributed by atoms with van der Waals surface area (Å²) in [6, 6.07) is 9.41. The monoisotopic (exact) mass is 220 g/mol. The van der Waals surface area contributed by atoms with E-state index in [0.717, 1.165) is 18.6 Å². The molecule has 3 heteroatoms. The number of benzene rings is 1. The maximum atomic E-state index is 5.77. The second-order valence-electron chi connectivity index (χ2n) is 4.56. The molecule has 1 aromatic carbocycles. The Kier molecular flexibility index (Phi) is 3.46. The van der Waals surface area contributed by atoms with Crippen molar-refractivity contribution in [2.45, 2.75) is 37.9 Å². The van der Waals surface area contributed by atoms with E-state index in [1.807, 2.05) is 18.2 Å². The quantitative estimate of drug-likeness (QED) is 0.814. The highest BCUT2D eigenvalue weighted by molar-refractivity contribution is 5.35. The Bertz CT molecular complexity index is 348. The van der Waals surface area contributed by atoms with Crippen molar-refractivity contribution in [1.29, 1.82) is 0 Å². The van der Waals surface area contributed by atoms with E-state index in [1.54, 1.807) is 7.11 Å². The summed E-state index contributed by atoms with van der Waals surface area (Å²) in [6.45, 7) is 2.17. The lowest BCUT2D eigenvalue weighted by molar-refractivity contribution is 0.270. The van der Waals surface area contributed by atoms with Gasteiger partial charge in [-0.1, -0.05) is 18.2 Å². The molecular weight excluding hydrogens is 200 g/mol. The molecular formula is C13H20N2O. The summed E-state index contributed by atoms with van der Waals surface area (Å²) in [5, 5.41) is 3.58. The Morgan fingerprint density at radius 1 is 1.38 bits per heavy atom. The third kappa shape index (κ3) is 2.36. The minimum atomic E-state index is 0.314. The van der Waals surface area contributed by atoms with E-state index in [2.05, 4.69) is 18.3 Å². The summed E-state index contributed by atoms with van der Waals surface area (Å²) in [6.07, 6.45) is 2.17. The molecule has 1 aliphatic rings. The highest BCUT2D eigenvalue weighted by atomic mass is 16.5. The predicted molar refractivity (Wildman–Crippen MR) is 65.5 cm³/mol. The van der Waals surface area contributed by atoms with Crippen LogP contribution >= 0.6 is 0 Å². The molecule has 1 saturated carbocycles. The van der Waals surface area contributed by atoms with Crippen LogP contribution in [0.5, 0.6) is 5.75 Å². The van der Waals surface area contributed by atoms with Gasteiger partial charge in [-0.05, 0) is 25.8 Å². The molecule has 1 fully saturated rings. The van der Waals surface area contributed by atoms with Crippen LogP contribution in [0.1, 0.15) is 31.4 Å². The largest absolute Gasteiger partial charge is 0.496 e. The molecule has 0 bridgehead atoms. The molecule has 0 amide bonds. The molecule has 1 atom stereocenters. The number of hydrogen-bond acceptors (Lipinski definition) is 3. The Morgan fingerprint density at radius 3 is 2.69 bits per heavy atom. The van der Waals surface area contributed by atoms with E-state index >= 15 is 0 Å². The molecule has 16 heavy (non-hydrogen) atoms. The number of rotatable bonds is 4. The van der Waals surface area contributed by atoms with Crippen molar-refractivity contribution in [3.05, 3.63) is 29.8 Å². The Balaban J connectivity index is 1.99. The zero-order chi connectivity index (χ0) is 11.5. The number of methoxy groups -OCH3 is 1. The average molecular weight is 220 g/mol. The smallest absolute Gasteiger partial charge is 0.123 e. The minimum absolute atomic E-state index is 0.314. The number of nitrogens with two attached hydrogens (primary N) is 1. The van der Waals surface area contributed by atoms with Crippen molar-refractivity contribution < 1.29 is 4.74 Å². The van der Waals surface area contributed by atoms with Gasteiger partial charge in [0.15, 0.2) is 0 Å². The summed E-state index contributed by atoms with van der Waals surface area (Å²) in [5.74, 6) is 0.950. The van der Waals surface area contributed by atoms with E-state index in [1.165, 1.54) is 5.56 Å². The van der Waals surface area contributed by atoms with Crippen LogP contribution in [0.3, 0.4) is 0 Å². The first-order valence-electron chi connectivity index (χ1n) is 5.85. The normalized spacial score (nSPS) is 25.9. The lowest BCUT2D eigenvalue weighted by atomic mass is 9.86. The molecule has 0 saturated heterocycles. The second-order valence-corrected chi connectivity index (χ2v) is 4.56. The molecule has 1 aliphatic carbocycles. The molecule has 1 unspecified atom stereocenters. The minimum Gasteiger partial charge on any atom is -0.496 e. The first-order valence-corrected chi connectivity index (χ1v) is 5.85. The summed E-state index contributed by atoms with van der Waals surface area (Å²) >= 11 is 0. The molecule has 3 nitrogen and oxygen atoms in total. The fourth-order valence-electron chi connectivity index (χ4n) is 2.27. The van der Waals surface area contributed by atoms with Gasteiger partial charge in [0.05, 0.1) is 7.11 Å². The number of nitrogens with one attached hydrogen (secondary N) is 1. The molecule has 0 spiro atoms. The van der Waals surface area contributed by atoms with Gasteiger partial charge in [-0.15, -0.1) is 0 Å². The van der Waals surface area contributed by atoms with Crippen molar-refractivity contribution in [2.24, 2.45) is 5.73 Å². The fourth-order valence-corrected chi connectivity index (χ4v) is 2.27. The summed E-state index contributed by atoms with van der Waals surface area (Å²) in [5.41, 5.74) is 6.99. The third-order valence-electron chi connectivity index (χ3n) is 3.27. The molecule has 88 valence electrons. The molecule has 0 radical (unpaired) electrons. The topological polar surface area (TPSA) is 47.3 Å². The first kappa shape index (κ1) is 11.4. The van der Waals surface area contributed by atoms with Crippen LogP contribution in [-0.4, -0.2) is 19.2 Å².